The van der Waals surface area contributed by atoms with Crippen LogP contribution in [0.4, 0.5) is 0 Å². The number of nitrogens with zero attached hydrogens (tertiary/aromatic N) is 1. The third-order valence-corrected chi connectivity index (χ3v) is 6.49. The van der Waals surface area contributed by atoms with Crippen molar-refractivity contribution in [1.29, 1.82) is 0 Å². The summed E-state index contributed by atoms with van der Waals surface area (Å²) in [4.78, 5) is 14.4. The fourth-order valence-electron chi connectivity index (χ4n) is 3.14. The quantitative estimate of drug-likeness (QED) is 0.529. The van der Waals surface area contributed by atoms with Gasteiger partial charge in [0.05, 0.1) is 10.8 Å². The minimum atomic E-state index is -1.54. The van der Waals surface area contributed by atoms with E-state index in [2.05, 4.69) is 17.1 Å². The lowest BCUT2D eigenvalue weighted by Crippen LogP contribution is -2.44. The molecule has 1 aromatic rings. The van der Waals surface area contributed by atoms with Crippen LogP contribution in [0.3, 0.4) is 0 Å². The van der Waals surface area contributed by atoms with E-state index in [1.54, 1.807) is 24.3 Å². The smallest absolute Gasteiger partial charge is 0.319 e. The molecule has 1 heterocycles. The first-order chi connectivity index (χ1) is 13.1. The lowest BCUT2D eigenvalue weighted by atomic mass is 10.1. The Hall–Kier alpha value is -1.44. The maximum absolute atomic E-state index is 12.7. The molecule has 1 saturated heterocycles. The van der Waals surface area contributed by atoms with Crippen molar-refractivity contribution in [3.8, 4) is 5.75 Å². The molecule has 0 spiro atoms. The summed E-state index contributed by atoms with van der Waals surface area (Å²) in [6.07, 6.45) is 4.40. The summed E-state index contributed by atoms with van der Waals surface area (Å²) in [6, 6.07) is 7.00. The van der Waals surface area contributed by atoms with Crippen LogP contribution in [-0.2, 0) is 15.6 Å². The number of ether oxygens (including phenoxy) is 1. The Morgan fingerprint density at radius 3 is 2.56 bits per heavy atom. The molecule has 1 aliphatic heterocycles. The van der Waals surface area contributed by atoms with Crippen molar-refractivity contribution in [2.45, 2.75) is 49.2 Å². The molecule has 2 N–H and O–H groups in total. The van der Waals surface area contributed by atoms with E-state index in [-0.39, 0.29) is 0 Å². The van der Waals surface area contributed by atoms with Crippen molar-refractivity contribution in [3.05, 3.63) is 24.3 Å². The number of hydrogen-bond acceptors (Lipinski definition) is 5. The largest absolute Gasteiger partial charge is 0.492 e. The van der Waals surface area contributed by atoms with Gasteiger partial charge in [-0.1, -0.05) is 32.6 Å². The van der Waals surface area contributed by atoms with Crippen LogP contribution < -0.4 is 10.1 Å². The van der Waals surface area contributed by atoms with Crippen molar-refractivity contribution in [3.63, 3.8) is 0 Å². The SMILES string of the molecule is CCCCCCC(C(=O)O)S(=O)c1ccc(OCCN2CCNCC2)cc1. The number of hydrogen-bond donors (Lipinski definition) is 2. The predicted molar refractivity (Wildman–Crippen MR) is 108 cm³/mol. The zero-order valence-corrected chi connectivity index (χ0v) is 17.0. The van der Waals surface area contributed by atoms with Gasteiger partial charge in [0.25, 0.3) is 0 Å². The van der Waals surface area contributed by atoms with Crippen molar-refractivity contribution in [1.82, 2.24) is 10.2 Å². The highest BCUT2D eigenvalue weighted by Crippen LogP contribution is 2.20. The molecule has 1 fully saturated rings. The minimum Gasteiger partial charge on any atom is -0.492 e. The highest BCUT2D eigenvalue weighted by atomic mass is 32.2. The topological polar surface area (TPSA) is 78.9 Å². The van der Waals surface area contributed by atoms with Crippen LogP contribution in [0, 0.1) is 0 Å². The Bertz CT molecular complexity index is 588. The van der Waals surface area contributed by atoms with Gasteiger partial charge in [0.1, 0.15) is 17.6 Å². The first kappa shape index (κ1) is 21.9. The monoisotopic (exact) mass is 396 g/mol. The molecule has 152 valence electrons. The normalized spacial score (nSPS) is 17.4. The number of carboxylic acids is 1. The highest BCUT2D eigenvalue weighted by Gasteiger charge is 2.25. The molecule has 27 heavy (non-hydrogen) atoms. The second-order valence-corrected chi connectivity index (χ2v) is 8.52. The Balaban J connectivity index is 1.82. The van der Waals surface area contributed by atoms with Gasteiger partial charge in [0.2, 0.25) is 0 Å². The van der Waals surface area contributed by atoms with Gasteiger partial charge in [-0.15, -0.1) is 0 Å². The number of aliphatic carboxylic acids is 1. The van der Waals surface area contributed by atoms with Gasteiger partial charge in [-0.2, -0.15) is 0 Å². The van der Waals surface area contributed by atoms with Gasteiger partial charge >= 0.3 is 5.97 Å². The number of nitrogens with one attached hydrogen (secondary N) is 1. The zero-order valence-electron chi connectivity index (χ0n) is 16.2. The number of carbonyl (C=O) groups is 1. The van der Waals surface area contributed by atoms with Gasteiger partial charge in [-0.05, 0) is 30.7 Å². The van der Waals surface area contributed by atoms with E-state index in [0.717, 1.165) is 64.2 Å². The van der Waals surface area contributed by atoms with Crippen LogP contribution in [-0.4, -0.2) is 64.8 Å². The van der Waals surface area contributed by atoms with Crippen molar-refractivity contribution < 1.29 is 18.8 Å². The van der Waals surface area contributed by atoms with Crippen LogP contribution in [0.5, 0.6) is 5.75 Å². The van der Waals surface area contributed by atoms with Crippen molar-refractivity contribution >= 4 is 16.8 Å². The molecule has 0 aliphatic carbocycles. The summed E-state index contributed by atoms with van der Waals surface area (Å²) in [5, 5.41) is 11.9. The number of unbranched alkanes of at least 4 members (excludes halogenated alkanes) is 3. The summed E-state index contributed by atoms with van der Waals surface area (Å²) < 4.78 is 18.4. The lowest BCUT2D eigenvalue weighted by molar-refractivity contribution is -0.136. The fraction of sp³-hybridized carbons (Fsp3) is 0.650. The van der Waals surface area contributed by atoms with E-state index >= 15 is 0 Å². The first-order valence-electron chi connectivity index (χ1n) is 9.91. The Labute approximate surface area is 164 Å². The summed E-state index contributed by atoms with van der Waals surface area (Å²) >= 11 is 0. The van der Waals surface area contributed by atoms with Crippen LogP contribution in [0.2, 0.25) is 0 Å². The van der Waals surface area contributed by atoms with Crippen LogP contribution in [0.15, 0.2) is 29.2 Å². The standard InChI is InChI=1S/C20H32N2O4S/c1-2-3-4-5-6-19(20(23)24)27(25)18-9-7-17(8-10-18)26-16-15-22-13-11-21-12-14-22/h7-10,19,21H,2-6,11-16H2,1H3,(H,23,24). The molecule has 1 aromatic carbocycles. The summed E-state index contributed by atoms with van der Waals surface area (Å²) in [5.41, 5.74) is 0. The van der Waals surface area contributed by atoms with E-state index in [1.807, 2.05) is 0 Å². The maximum atomic E-state index is 12.7. The molecule has 7 heteroatoms. The second kappa shape index (κ2) is 12.1. The van der Waals surface area contributed by atoms with E-state index in [9.17, 15) is 14.1 Å². The van der Waals surface area contributed by atoms with Gasteiger partial charge in [-0.3, -0.25) is 13.9 Å². The molecule has 0 aromatic heterocycles. The molecular weight excluding hydrogens is 364 g/mol. The van der Waals surface area contributed by atoms with E-state index in [0.29, 0.717) is 17.9 Å². The summed E-state index contributed by atoms with van der Waals surface area (Å²) in [6.45, 7) is 7.71. The van der Waals surface area contributed by atoms with Gasteiger partial charge in [-0.25, -0.2) is 0 Å². The van der Waals surface area contributed by atoms with Crippen molar-refractivity contribution in [2.24, 2.45) is 0 Å². The number of piperazine rings is 1. The third kappa shape index (κ3) is 7.60. The average molecular weight is 397 g/mol. The molecule has 0 radical (unpaired) electrons. The molecule has 2 unspecified atom stereocenters. The Morgan fingerprint density at radius 2 is 1.93 bits per heavy atom. The highest BCUT2D eigenvalue weighted by molar-refractivity contribution is 7.86. The molecule has 2 atom stereocenters. The van der Waals surface area contributed by atoms with Gasteiger partial charge in [0.15, 0.2) is 0 Å². The van der Waals surface area contributed by atoms with Gasteiger partial charge in [0, 0.05) is 37.6 Å². The van der Waals surface area contributed by atoms with E-state index in [1.165, 1.54) is 0 Å². The fourth-order valence-corrected chi connectivity index (χ4v) is 4.44. The summed E-state index contributed by atoms with van der Waals surface area (Å²) in [5.74, 6) is -0.262. The minimum absolute atomic E-state index is 0.449. The number of rotatable bonds is 12. The molecule has 0 saturated carbocycles. The number of benzene rings is 1. The Morgan fingerprint density at radius 1 is 1.22 bits per heavy atom. The maximum Gasteiger partial charge on any atom is 0.319 e. The van der Waals surface area contributed by atoms with E-state index in [4.69, 9.17) is 4.74 Å². The molecule has 0 amide bonds. The lowest BCUT2D eigenvalue weighted by Gasteiger charge is -2.26. The third-order valence-electron chi connectivity index (χ3n) is 4.80. The molecule has 6 nitrogen and oxygen atoms in total. The summed E-state index contributed by atoms with van der Waals surface area (Å²) in [7, 11) is -1.54. The zero-order chi connectivity index (χ0) is 19.5. The molecule has 1 aliphatic rings. The van der Waals surface area contributed by atoms with Crippen molar-refractivity contribution in [2.75, 3.05) is 39.3 Å². The molecule has 2 rings (SSSR count). The first-order valence-corrected chi connectivity index (χ1v) is 11.1. The molecular formula is C20H32N2O4S. The second-order valence-electron chi connectivity index (χ2n) is 6.89. The average Bonchev–Trinajstić information content (AvgIpc) is 2.69. The predicted octanol–water partition coefficient (Wildman–Crippen LogP) is 2.50. The van der Waals surface area contributed by atoms with Crippen LogP contribution in [0.25, 0.3) is 0 Å². The number of carboxylic acid groups (broad SMARTS) is 1. The van der Waals surface area contributed by atoms with E-state index < -0.39 is 22.0 Å². The van der Waals surface area contributed by atoms with Crippen LogP contribution in [0.1, 0.15) is 39.0 Å². The Kier molecular flexibility index (Phi) is 9.80. The van der Waals surface area contributed by atoms with Gasteiger partial charge < -0.3 is 15.2 Å². The van der Waals surface area contributed by atoms with Crippen LogP contribution >= 0.6 is 0 Å². The molecule has 0 bridgehead atoms.